The first-order valence-corrected chi connectivity index (χ1v) is 6.37. The molecule has 1 saturated heterocycles. The third kappa shape index (κ3) is 2.37. The molecular weight excluding hydrogens is 252 g/mol. The molecule has 2 aromatic heterocycles. The Balaban J connectivity index is 1.82. The number of piperidine rings is 1. The minimum atomic E-state index is 0.312. The van der Waals surface area contributed by atoms with Gasteiger partial charge < -0.3 is 9.84 Å². The predicted molar refractivity (Wildman–Crippen MR) is 67.4 cm³/mol. The topological polar surface area (TPSA) is 63.8 Å². The zero-order valence-electron chi connectivity index (χ0n) is 9.77. The minimum absolute atomic E-state index is 0.312. The van der Waals surface area contributed by atoms with Crippen molar-refractivity contribution in [2.24, 2.45) is 0 Å². The molecule has 0 radical (unpaired) electrons. The van der Waals surface area contributed by atoms with Gasteiger partial charge in [0.25, 0.3) is 0 Å². The van der Waals surface area contributed by atoms with E-state index in [0.717, 1.165) is 25.9 Å². The predicted octanol–water partition coefficient (Wildman–Crippen LogP) is 2.25. The summed E-state index contributed by atoms with van der Waals surface area (Å²) < 4.78 is 5.31. The van der Waals surface area contributed by atoms with E-state index in [0.29, 0.717) is 28.3 Å². The van der Waals surface area contributed by atoms with E-state index in [2.05, 4.69) is 20.4 Å². The molecule has 6 heteroatoms. The largest absolute Gasteiger partial charge is 0.339 e. The number of pyridine rings is 1. The van der Waals surface area contributed by atoms with E-state index in [1.807, 2.05) is 0 Å². The zero-order chi connectivity index (χ0) is 12.4. The van der Waals surface area contributed by atoms with Gasteiger partial charge in [0.15, 0.2) is 0 Å². The van der Waals surface area contributed by atoms with Crippen LogP contribution in [0.5, 0.6) is 0 Å². The summed E-state index contributed by atoms with van der Waals surface area (Å²) in [6.45, 7) is 1.96. The highest BCUT2D eigenvalue weighted by Crippen LogP contribution is 2.24. The summed E-state index contributed by atoms with van der Waals surface area (Å²) >= 11 is 5.79. The molecule has 0 spiro atoms. The van der Waals surface area contributed by atoms with Crippen molar-refractivity contribution in [1.82, 2.24) is 20.4 Å². The van der Waals surface area contributed by atoms with Gasteiger partial charge in [-0.25, -0.2) is 0 Å². The molecule has 0 amide bonds. The van der Waals surface area contributed by atoms with Gasteiger partial charge in [0, 0.05) is 12.7 Å². The van der Waals surface area contributed by atoms with Gasteiger partial charge in [-0.15, -0.1) is 0 Å². The standard InChI is InChI=1S/C12H13ClN4O/c13-9-3-4-10(15-7-9)11-16-12(18-17-11)8-2-1-5-14-6-8/h3-4,7-8,14H,1-2,5-6H2/t8-/m1/s1. The number of aromatic nitrogens is 3. The minimum Gasteiger partial charge on any atom is -0.339 e. The number of hydrogen-bond acceptors (Lipinski definition) is 5. The van der Waals surface area contributed by atoms with Gasteiger partial charge in [-0.2, -0.15) is 4.98 Å². The summed E-state index contributed by atoms with van der Waals surface area (Å²) in [6, 6.07) is 3.55. The molecule has 0 aliphatic carbocycles. The van der Waals surface area contributed by atoms with Crippen molar-refractivity contribution in [3.05, 3.63) is 29.2 Å². The molecule has 0 bridgehead atoms. The molecule has 2 aromatic rings. The first-order chi connectivity index (χ1) is 8.83. The number of halogens is 1. The molecule has 0 aromatic carbocycles. The van der Waals surface area contributed by atoms with Crippen molar-refractivity contribution in [2.75, 3.05) is 13.1 Å². The maximum Gasteiger partial charge on any atom is 0.231 e. The van der Waals surface area contributed by atoms with Crippen molar-refractivity contribution in [3.63, 3.8) is 0 Å². The summed E-state index contributed by atoms with van der Waals surface area (Å²) in [7, 11) is 0. The summed E-state index contributed by atoms with van der Waals surface area (Å²) in [5.74, 6) is 1.52. The molecule has 3 heterocycles. The van der Waals surface area contributed by atoms with Crippen LogP contribution in [-0.4, -0.2) is 28.2 Å². The molecule has 1 atom stereocenters. The van der Waals surface area contributed by atoms with Crippen molar-refractivity contribution in [1.29, 1.82) is 0 Å². The van der Waals surface area contributed by atoms with Crippen molar-refractivity contribution < 1.29 is 4.52 Å². The molecule has 3 rings (SSSR count). The van der Waals surface area contributed by atoms with Crippen molar-refractivity contribution in [3.8, 4) is 11.5 Å². The number of hydrogen-bond donors (Lipinski definition) is 1. The summed E-state index contributed by atoms with van der Waals surface area (Å²) in [4.78, 5) is 8.58. The number of nitrogens with zero attached hydrogens (tertiary/aromatic N) is 3. The second-order valence-electron chi connectivity index (χ2n) is 4.36. The molecule has 1 aliphatic rings. The monoisotopic (exact) mass is 264 g/mol. The lowest BCUT2D eigenvalue weighted by molar-refractivity contribution is 0.322. The van der Waals surface area contributed by atoms with Crippen LogP contribution in [0, 0.1) is 0 Å². The Hall–Kier alpha value is -1.46. The molecule has 18 heavy (non-hydrogen) atoms. The van der Waals surface area contributed by atoms with E-state index >= 15 is 0 Å². The fraction of sp³-hybridized carbons (Fsp3) is 0.417. The lowest BCUT2D eigenvalue weighted by Crippen LogP contribution is -2.28. The summed E-state index contributed by atoms with van der Waals surface area (Å²) in [5.41, 5.74) is 0.679. The SMILES string of the molecule is Clc1ccc(-c2noc([C@@H]3CCCNC3)n2)nc1. The van der Waals surface area contributed by atoms with Crippen molar-refractivity contribution in [2.45, 2.75) is 18.8 Å². The van der Waals surface area contributed by atoms with Gasteiger partial charge >= 0.3 is 0 Å². The maximum absolute atomic E-state index is 5.79. The van der Waals surface area contributed by atoms with Crippen LogP contribution in [0.3, 0.4) is 0 Å². The van der Waals surface area contributed by atoms with Crippen LogP contribution in [-0.2, 0) is 0 Å². The van der Waals surface area contributed by atoms with Crippen LogP contribution in [0.1, 0.15) is 24.7 Å². The normalized spacial score (nSPS) is 19.9. The fourth-order valence-corrected chi connectivity index (χ4v) is 2.19. The number of nitrogens with one attached hydrogen (secondary N) is 1. The van der Waals surface area contributed by atoms with E-state index in [4.69, 9.17) is 16.1 Å². The molecule has 1 aliphatic heterocycles. The molecular formula is C12H13ClN4O. The van der Waals surface area contributed by atoms with Gasteiger partial charge in [-0.1, -0.05) is 16.8 Å². The first kappa shape index (κ1) is 11.6. The Morgan fingerprint density at radius 3 is 3.06 bits per heavy atom. The lowest BCUT2D eigenvalue weighted by Gasteiger charge is -2.18. The Morgan fingerprint density at radius 2 is 2.33 bits per heavy atom. The Bertz CT molecular complexity index is 519. The third-order valence-electron chi connectivity index (χ3n) is 3.04. The van der Waals surface area contributed by atoms with Crippen LogP contribution in [0.4, 0.5) is 0 Å². The van der Waals surface area contributed by atoms with E-state index < -0.39 is 0 Å². The summed E-state index contributed by atoms with van der Waals surface area (Å²) in [5, 5.41) is 7.90. The van der Waals surface area contributed by atoms with E-state index in [1.165, 1.54) is 0 Å². The van der Waals surface area contributed by atoms with E-state index in [9.17, 15) is 0 Å². The first-order valence-electron chi connectivity index (χ1n) is 5.99. The van der Waals surface area contributed by atoms with Gasteiger partial charge in [0.2, 0.25) is 11.7 Å². The van der Waals surface area contributed by atoms with Gasteiger partial charge in [-0.05, 0) is 31.5 Å². The molecule has 5 nitrogen and oxygen atoms in total. The quantitative estimate of drug-likeness (QED) is 0.901. The highest BCUT2D eigenvalue weighted by atomic mass is 35.5. The second kappa shape index (κ2) is 5.04. The summed E-state index contributed by atoms with van der Waals surface area (Å²) in [6.07, 6.45) is 3.80. The zero-order valence-corrected chi connectivity index (χ0v) is 10.5. The molecule has 1 N–H and O–H groups in total. The van der Waals surface area contributed by atoms with Crippen LogP contribution in [0.2, 0.25) is 5.02 Å². The van der Waals surface area contributed by atoms with Crippen LogP contribution in [0.15, 0.2) is 22.9 Å². The molecule has 0 unspecified atom stereocenters. The smallest absolute Gasteiger partial charge is 0.231 e. The Kier molecular flexibility index (Phi) is 3.25. The average molecular weight is 265 g/mol. The molecule has 0 saturated carbocycles. The highest BCUT2D eigenvalue weighted by molar-refractivity contribution is 6.30. The average Bonchev–Trinajstić information content (AvgIpc) is 2.90. The number of rotatable bonds is 2. The highest BCUT2D eigenvalue weighted by Gasteiger charge is 2.21. The van der Waals surface area contributed by atoms with Gasteiger partial charge in [0.05, 0.1) is 10.9 Å². The van der Waals surface area contributed by atoms with Gasteiger partial charge in [0.1, 0.15) is 5.69 Å². The van der Waals surface area contributed by atoms with Crippen molar-refractivity contribution >= 4 is 11.6 Å². The molecule has 94 valence electrons. The van der Waals surface area contributed by atoms with E-state index in [1.54, 1.807) is 18.3 Å². The van der Waals surface area contributed by atoms with E-state index in [-0.39, 0.29) is 0 Å². The second-order valence-corrected chi connectivity index (χ2v) is 4.80. The fourth-order valence-electron chi connectivity index (χ4n) is 2.08. The van der Waals surface area contributed by atoms with Crippen LogP contribution in [0.25, 0.3) is 11.5 Å². The maximum atomic E-state index is 5.79. The van der Waals surface area contributed by atoms with Gasteiger partial charge in [-0.3, -0.25) is 4.98 Å². The van der Waals surface area contributed by atoms with Crippen LogP contribution >= 0.6 is 11.6 Å². The lowest BCUT2D eigenvalue weighted by atomic mass is 10.00. The Labute approximate surface area is 110 Å². The third-order valence-corrected chi connectivity index (χ3v) is 3.27. The molecule has 1 fully saturated rings. The Morgan fingerprint density at radius 1 is 1.39 bits per heavy atom. The van der Waals surface area contributed by atoms with Crippen LogP contribution < -0.4 is 5.32 Å².